The molecule has 0 spiro atoms. The molecule has 102 valence electrons. The fourth-order valence-corrected chi connectivity index (χ4v) is 1.53. The van der Waals surface area contributed by atoms with Crippen LogP contribution in [0.5, 0.6) is 11.5 Å². The van der Waals surface area contributed by atoms with Gasteiger partial charge in [0.15, 0.2) is 11.5 Å². The summed E-state index contributed by atoms with van der Waals surface area (Å²) in [6.07, 6.45) is 6.79. The third-order valence-electron chi connectivity index (χ3n) is 2.54. The van der Waals surface area contributed by atoms with Crippen molar-refractivity contribution < 1.29 is 9.47 Å². The zero-order valence-electron chi connectivity index (χ0n) is 12.2. The summed E-state index contributed by atoms with van der Waals surface area (Å²) in [6.45, 7) is 8.11. The van der Waals surface area contributed by atoms with Crippen LogP contribution < -0.4 is 9.47 Å². The average molecular weight is 250 g/mol. The summed E-state index contributed by atoms with van der Waals surface area (Å²) in [4.78, 5) is 0. The second kappa shape index (κ2) is 10.7. The molecule has 0 aliphatic carbocycles. The maximum absolute atomic E-state index is 5.16. The van der Waals surface area contributed by atoms with Crippen LogP contribution in [0, 0.1) is 0 Å². The second-order valence-corrected chi connectivity index (χ2v) is 4.04. The molecule has 0 fully saturated rings. The van der Waals surface area contributed by atoms with Gasteiger partial charge < -0.3 is 9.47 Å². The minimum absolute atomic E-state index is 0.760. The average Bonchev–Trinajstić information content (AvgIpc) is 2.40. The Balaban J connectivity index is 0.000000494. The van der Waals surface area contributed by atoms with Gasteiger partial charge in [0.25, 0.3) is 0 Å². The first kappa shape index (κ1) is 16.6. The van der Waals surface area contributed by atoms with E-state index in [-0.39, 0.29) is 0 Å². The van der Waals surface area contributed by atoms with Crippen LogP contribution in [0.1, 0.15) is 38.7 Å². The molecule has 0 atom stereocenters. The van der Waals surface area contributed by atoms with Crippen molar-refractivity contribution in [1.82, 2.24) is 0 Å². The van der Waals surface area contributed by atoms with Crippen molar-refractivity contribution in [3.63, 3.8) is 0 Å². The summed E-state index contributed by atoms with van der Waals surface area (Å²) in [7, 11) is 3.26. The number of ether oxygens (including phenoxy) is 2. The lowest BCUT2D eigenvalue weighted by molar-refractivity contribution is 0.354. The Kier molecular flexibility index (Phi) is 9.84. The molecule has 0 heterocycles. The Morgan fingerprint density at radius 3 is 2.06 bits per heavy atom. The van der Waals surface area contributed by atoms with Gasteiger partial charge in [-0.3, -0.25) is 0 Å². The fourth-order valence-electron chi connectivity index (χ4n) is 1.53. The number of hydrogen-bond donors (Lipinski definition) is 0. The highest BCUT2D eigenvalue weighted by Gasteiger charge is 2.02. The molecule has 18 heavy (non-hydrogen) atoms. The highest BCUT2D eigenvalue weighted by molar-refractivity contribution is 5.43. The maximum atomic E-state index is 5.16. The highest BCUT2D eigenvalue weighted by Crippen LogP contribution is 2.27. The summed E-state index contributed by atoms with van der Waals surface area (Å²) in [6, 6.07) is 5.86. The zero-order valence-corrected chi connectivity index (χ0v) is 12.2. The number of benzene rings is 1. The van der Waals surface area contributed by atoms with E-state index in [2.05, 4.69) is 20.4 Å². The van der Waals surface area contributed by atoms with Crippen LogP contribution in [0.2, 0.25) is 0 Å². The van der Waals surface area contributed by atoms with Crippen LogP contribution in [0.15, 0.2) is 30.9 Å². The smallest absolute Gasteiger partial charge is 0.160 e. The van der Waals surface area contributed by atoms with E-state index in [1.807, 2.05) is 24.3 Å². The van der Waals surface area contributed by atoms with E-state index >= 15 is 0 Å². The standard InChI is InChI=1S/C11H14O2.C5H12/c1-4-5-9-6-7-10(12-2)11(8-9)13-3;1-3-5-4-2/h4,6-8H,1,5H2,2-3H3;3-5H2,1-2H3. The molecule has 0 radical (unpaired) electrons. The molecule has 1 rings (SSSR count). The van der Waals surface area contributed by atoms with E-state index in [4.69, 9.17) is 9.47 Å². The Hall–Kier alpha value is -1.44. The van der Waals surface area contributed by atoms with Crippen molar-refractivity contribution in [3.05, 3.63) is 36.4 Å². The minimum Gasteiger partial charge on any atom is -0.493 e. The normalized spacial score (nSPS) is 9.11. The van der Waals surface area contributed by atoms with Crippen LogP contribution in [-0.2, 0) is 6.42 Å². The van der Waals surface area contributed by atoms with Gasteiger partial charge in [-0.25, -0.2) is 0 Å². The molecule has 0 amide bonds. The SMILES string of the molecule is C=CCc1ccc(OC)c(OC)c1.CCCCC. The molecule has 0 aliphatic heterocycles. The first-order valence-corrected chi connectivity index (χ1v) is 6.55. The lowest BCUT2D eigenvalue weighted by Crippen LogP contribution is -1.91. The Morgan fingerprint density at radius 1 is 1.06 bits per heavy atom. The number of methoxy groups -OCH3 is 2. The molecule has 0 saturated heterocycles. The monoisotopic (exact) mass is 250 g/mol. The molecule has 2 nitrogen and oxygen atoms in total. The zero-order chi connectivity index (χ0) is 13.8. The van der Waals surface area contributed by atoms with Crippen molar-refractivity contribution in [2.75, 3.05) is 14.2 Å². The first-order valence-electron chi connectivity index (χ1n) is 6.55. The molecule has 0 saturated carbocycles. The molecule has 0 aromatic heterocycles. The van der Waals surface area contributed by atoms with Crippen LogP contribution in [0.25, 0.3) is 0 Å². The van der Waals surface area contributed by atoms with E-state index in [1.54, 1.807) is 14.2 Å². The van der Waals surface area contributed by atoms with E-state index < -0.39 is 0 Å². The first-order chi connectivity index (χ1) is 8.73. The van der Waals surface area contributed by atoms with Crippen LogP contribution >= 0.6 is 0 Å². The number of unbranched alkanes of at least 4 members (excludes halogenated alkanes) is 2. The number of allylic oxidation sites excluding steroid dienone is 1. The van der Waals surface area contributed by atoms with E-state index in [9.17, 15) is 0 Å². The van der Waals surface area contributed by atoms with Gasteiger partial charge in [-0.05, 0) is 24.1 Å². The molecule has 0 unspecified atom stereocenters. The predicted molar refractivity (Wildman–Crippen MR) is 78.6 cm³/mol. The lowest BCUT2D eigenvalue weighted by atomic mass is 10.1. The Labute approximate surface area is 112 Å². The quantitative estimate of drug-likeness (QED) is 0.685. The summed E-state index contributed by atoms with van der Waals surface area (Å²) >= 11 is 0. The van der Waals surface area contributed by atoms with Gasteiger partial charge in [0.2, 0.25) is 0 Å². The van der Waals surface area contributed by atoms with Gasteiger partial charge in [-0.1, -0.05) is 45.3 Å². The van der Waals surface area contributed by atoms with Gasteiger partial charge in [0, 0.05) is 0 Å². The minimum atomic E-state index is 0.760. The summed E-state index contributed by atoms with van der Waals surface area (Å²) in [5, 5.41) is 0. The van der Waals surface area contributed by atoms with Crippen LogP contribution in [0.4, 0.5) is 0 Å². The molecular formula is C16H26O2. The maximum Gasteiger partial charge on any atom is 0.160 e. The van der Waals surface area contributed by atoms with E-state index in [0.717, 1.165) is 17.9 Å². The summed E-state index contributed by atoms with van der Waals surface area (Å²) < 4.78 is 10.3. The largest absolute Gasteiger partial charge is 0.493 e. The third-order valence-corrected chi connectivity index (χ3v) is 2.54. The van der Waals surface area contributed by atoms with Gasteiger partial charge in [-0.15, -0.1) is 6.58 Å². The predicted octanol–water partition coefficient (Wildman–Crippen LogP) is 4.63. The Bertz CT molecular complexity index is 330. The van der Waals surface area contributed by atoms with E-state index in [0.29, 0.717) is 0 Å². The summed E-state index contributed by atoms with van der Waals surface area (Å²) in [5.74, 6) is 1.53. The number of hydrogen-bond acceptors (Lipinski definition) is 2. The van der Waals surface area contributed by atoms with Crippen molar-refractivity contribution >= 4 is 0 Å². The second-order valence-electron chi connectivity index (χ2n) is 4.04. The third kappa shape index (κ3) is 6.33. The van der Waals surface area contributed by atoms with Crippen molar-refractivity contribution in [3.8, 4) is 11.5 Å². The van der Waals surface area contributed by atoms with Crippen molar-refractivity contribution in [1.29, 1.82) is 0 Å². The lowest BCUT2D eigenvalue weighted by Gasteiger charge is -2.08. The van der Waals surface area contributed by atoms with Gasteiger partial charge in [0.1, 0.15) is 0 Å². The van der Waals surface area contributed by atoms with Gasteiger partial charge >= 0.3 is 0 Å². The molecule has 0 bridgehead atoms. The van der Waals surface area contributed by atoms with Crippen LogP contribution in [0.3, 0.4) is 0 Å². The summed E-state index contributed by atoms with van der Waals surface area (Å²) in [5.41, 5.74) is 1.17. The van der Waals surface area contributed by atoms with Gasteiger partial charge in [0.05, 0.1) is 14.2 Å². The van der Waals surface area contributed by atoms with Crippen molar-refractivity contribution in [2.24, 2.45) is 0 Å². The topological polar surface area (TPSA) is 18.5 Å². The Morgan fingerprint density at radius 2 is 1.67 bits per heavy atom. The molecule has 1 aromatic carbocycles. The highest BCUT2D eigenvalue weighted by atomic mass is 16.5. The van der Waals surface area contributed by atoms with Gasteiger partial charge in [-0.2, -0.15) is 0 Å². The number of rotatable bonds is 6. The van der Waals surface area contributed by atoms with Crippen molar-refractivity contribution in [2.45, 2.75) is 39.5 Å². The molecular weight excluding hydrogens is 224 g/mol. The fraction of sp³-hybridized carbons (Fsp3) is 0.500. The molecule has 0 aliphatic rings. The van der Waals surface area contributed by atoms with E-state index in [1.165, 1.54) is 24.8 Å². The van der Waals surface area contributed by atoms with Crippen LogP contribution in [-0.4, -0.2) is 14.2 Å². The molecule has 1 aromatic rings. The molecule has 2 heteroatoms. The molecule has 0 N–H and O–H groups in total.